The Balaban J connectivity index is 3.30. The van der Waals surface area contributed by atoms with Crippen LogP contribution in [0.3, 0.4) is 0 Å². The molecule has 0 bridgehead atoms. The van der Waals surface area contributed by atoms with Gasteiger partial charge in [0.25, 0.3) is 0 Å². The largest absolute Gasteiger partial charge is 0.573 e. The summed E-state index contributed by atoms with van der Waals surface area (Å²) in [5.74, 6) is -1.84. The van der Waals surface area contributed by atoms with E-state index in [4.69, 9.17) is 5.11 Å². The predicted molar refractivity (Wildman–Crippen MR) is 55.0 cm³/mol. The van der Waals surface area contributed by atoms with Crippen LogP contribution in [-0.2, 0) is 0 Å². The topological polar surface area (TPSA) is 72.6 Å². The normalized spacial score (nSPS) is 13.2. The summed E-state index contributed by atoms with van der Waals surface area (Å²) in [5, 5.41) is 19.7. The number of nitro benzene ring substituents is 1. The molecule has 0 saturated carbocycles. The summed E-state index contributed by atoms with van der Waals surface area (Å²) in [6.45, 7) is 2.88. The van der Waals surface area contributed by atoms with Gasteiger partial charge in [-0.1, -0.05) is 12.1 Å². The van der Waals surface area contributed by atoms with Crippen molar-refractivity contribution >= 4 is 5.69 Å². The Morgan fingerprint density at radius 2 is 2.11 bits per heavy atom. The Kier molecular flexibility index (Phi) is 4.12. The number of aliphatic hydroxyl groups is 1. The molecule has 1 atom stereocenters. The van der Waals surface area contributed by atoms with E-state index >= 15 is 0 Å². The maximum Gasteiger partial charge on any atom is 0.573 e. The molecular weight excluding hydrogens is 255 g/mol. The van der Waals surface area contributed by atoms with Crippen molar-refractivity contribution in [3.8, 4) is 5.75 Å². The van der Waals surface area contributed by atoms with Gasteiger partial charge in [-0.3, -0.25) is 10.1 Å². The van der Waals surface area contributed by atoms with Crippen LogP contribution >= 0.6 is 0 Å². The highest BCUT2D eigenvalue weighted by atomic mass is 19.4. The van der Waals surface area contributed by atoms with Crippen LogP contribution in [0.4, 0.5) is 18.9 Å². The summed E-state index contributed by atoms with van der Waals surface area (Å²) in [5.41, 5.74) is -0.965. The number of benzene rings is 1. The Labute approximate surface area is 99.9 Å². The van der Waals surface area contributed by atoms with Crippen molar-refractivity contribution in [2.24, 2.45) is 0 Å². The fourth-order valence-corrected chi connectivity index (χ4v) is 1.37. The minimum Gasteiger partial charge on any atom is -0.398 e. The van der Waals surface area contributed by atoms with E-state index in [1.807, 2.05) is 0 Å². The number of nitrogens with zero attached hydrogens (tertiary/aromatic N) is 1. The Hall–Kier alpha value is -1.83. The molecule has 0 aliphatic carbocycles. The van der Waals surface area contributed by atoms with Crippen LogP contribution in [0.2, 0.25) is 0 Å². The number of alkyl halides is 3. The second-order valence-corrected chi connectivity index (χ2v) is 3.38. The van der Waals surface area contributed by atoms with Crippen LogP contribution in [0.1, 0.15) is 11.5 Å². The molecule has 8 heteroatoms. The number of aliphatic hydroxyl groups excluding tert-OH is 1. The molecule has 1 aromatic carbocycles. The van der Waals surface area contributed by atoms with E-state index < -0.39 is 35.2 Å². The summed E-state index contributed by atoms with van der Waals surface area (Å²) in [7, 11) is 0. The first kappa shape index (κ1) is 14.2. The molecule has 1 N–H and O–H groups in total. The molecule has 0 fully saturated rings. The number of ether oxygens (including phenoxy) is 1. The van der Waals surface area contributed by atoms with Gasteiger partial charge in [0.05, 0.1) is 11.5 Å². The SMILES string of the molecule is [CH2]C(CO)c1cccc(OC(F)(F)F)c1[N+](=O)[O-]. The predicted octanol–water partition coefficient (Wildman–Crippen LogP) is 2.40. The van der Waals surface area contributed by atoms with Crippen molar-refractivity contribution in [1.82, 2.24) is 0 Å². The number of nitro groups is 1. The number of hydrogen-bond donors (Lipinski definition) is 1. The van der Waals surface area contributed by atoms with E-state index in [9.17, 15) is 23.3 Å². The lowest BCUT2D eigenvalue weighted by molar-refractivity contribution is -0.389. The molecule has 18 heavy (non-hydrogen) atoms. The average Bonchev–Trinajstić information content (AvgIpc) is 2.25. The van der Waals surface area contributed by atoms with E-state index in [1.165, 1.54) is 6.07 Å². The molecule has 1 rings (SSSR count). The summed E-state index contributed by atoms with van der Waals surface area (Å²) >= 11 is 0. The third-order valence-corrected chi connectivity index (χ3v) is 2.10. The van der Waals surface area contributed by atoms with Crippen LogP contribution < -0.4 is 4.74 Å². The standard InChI is InChI=1S/C10H9F3NO4/c1-6(5-15)7-3-2-4-8(9(7)14(16)17)18-10(11,12)13/h2-4,6,15H,1,5H2. The first-order valence-corrected chi connectivity index (χ1v) is 4.73. The number of hydrogen-bond acceptors (Lipinski definition) is 4. The number of halogens is 3. The fraction of sp³-hybridized carbons (Fsp3) is 0.300. The minimum atomic E-state index is -5.03. The monoisotopic (exact) mass is 264 g/mol. The highest BCUT2D eigenvalue weighted by molar-refractivity contribution is 5.54. The molecule has 5 nitrogen and oxygen atoms in total. The molecule has 0 aliphatic heterocycles. The first-order valence-electron chi connectivity index (χ1n) is 4.73. The van der Waals surface area contributed by atoms with Crippen LogP contribution in [0.5, 0.6) is 5.75 Å². The van der Waals surface area contributed by atoms with Crippen molar-refractivity contribution in [2.45, 2.75) is 12.3 Å². The first-order chi connectivity index (χ1) is 8.26. The molecule has 1 aromatic rings. The van der Waals surface area contributed by atoms with Gasteiger partial charge in [-0.2, -0.15) is 0 Å². The molecule has 99 valence electrons. The van der Waals surface area contributed by atoms with Crippen LogP contribution in [0.25, 0.3) is 0 Å². The molecule has 0 saturated heterocycles. The molecule has 0 spiro atoms. The highest BCUT2D eigenvalue weighted by Crippen LogP contribution is 2.37. The summed E-state index contributed by atoms with van der Waals surface area (Å²) < 4.78 is 39.8. The second kappa shape index (κ2) is 5.21. The van der Waals surface area contributed by atoms with Gasteiger partial charge in [0, 0.05) is 11.5 Å². The van der Waals surface area contributed by atoms with Crippen molar-refractivity contribution in [3.63, 3.8) is 0 Å². The lowest BCUT2D eigenvalue weighted by Crippen LogP contribution is -2.18. The summed E-state index contributed by atoms with van der Waals surface area (Å²) in [6, 6.07) is 3.21. The third-order valence-electron chi connectivity index (χ3n) is 2.10. The maximum atomic E-state index is 12.1. The number of rotatable bonds is 4. The van der Waals surface area contributed by atoms with E-state index in [0.717, 1.165) is 12.1 Å². The Morgan fingerprint density at radius 1 is 1.50 bits per heavy atom. The molecule has 1 unspecified atom stereocenters. The molecule has 0 amide bonds. The zero-order chi connectivity index (χ0) is 13.9. The van der Waals surface area contributed by atoms with Gasteiger partial charge in [0.1, 0.15) is 0 Å². The van der Waals surface area contributed by atoms with Gasteiger partial charge < -0.3 is 9.84 Å². The van der Waals surface area contributed by atoms with Gasteiger partial charge in [-0.25, -0.2) is 0 Å². The average molecular weight is 264 g/mol. The summed E-state index contributed by atoms with van der Waals surface area (Å²) in [4.78, 5) is 9.80. The molecule has 0 aromatic heterocycles. The van der Waals surface area contributed by atoms with Gasteiger partial charge in [-0.15, -0.1) is 13.2 Å². The molecule has 0 heterocycles. The van der Waals surface area contributed by atoms with Crippen LogP contribution in [-0.4, -0.2) is 23.0 Å². The maximum absolute atomic E-state index is 12.1. The fourth-order valence-electron chi connectivity index (χ4n) is 1.37. The third kappa shape index (κ3) is 3.33. The zero-order valence-electron chi connectivity index (χ0n) is 8.98. The molecule has 1 radical (unpaired) electrons. The van der Waals surface area contributed by atoms with E-state index in [2.05, 4.69) is 11.7 Å². The minimum absolute atomic E-state index is 0.121. The Morgan fingerprint density at radius 3 is 2.56 bits per heavy atom. The van der Waals surface area contributed by atoms with Gasteiger partial charge in [-0.05, 0) is 13.0 Å². The van der Waals surface area contributed by atoms with Crippen LogP contribution in [0, 0.1) is 17.0 Å². The number of para-hydroxylation sites is 1. The molecule has 0 aliphatic rings. The smallest absolute Gasteiger partial charge is 0.398 e. The van der Waals surface area contributed by atoms with E-state index in [0.29, 0.717) is 0 Å². The van der Waals surface area contributed by atoms with Crippen LogP contribution in [0.15, 0.2) is 18.2 Å². The quantitative estimate of drug-likeness (QED) is 0.669. The van der Waals surface area contributed by atoms with Crippen molar-refractivity contribution < 1.29 is 27.9 Å². The zero-order valence-corrected chi connectivity index (χ0v) is 8.98. The second-order valence-electron chi connectivity index (χ2n) is 3.38. The van der Waals surface area contributed by atoms with Crippen molar-refractivity contribution in [1.29, 1.82) is 0 Å². The molecular formula is C10H9F3NO4. The van der Waals surface area contributed by atoms with Crippen molar-refractivity contribution in [2.75, 3.05) is 6.61 Å². The van der Waals surface area contributed by atoms with E-state index in [-0.39, 0.29) is 5.56 Å². The highest BCUT2D eigenvalue weighted by Gasteiger charge is 2.35. The van der Waals surface area contributed by atoms with Gasteiger partial charge in [0.2, 0.25) is 5.75 Å². The van der Waals surface area contributed by atoms with Gasteiger partial charge in [0.15, 0.2) is 0 Å². The van der Waals surface area contributed by atoms with E-state index in [1.54, 1.807) is 0 Å². The Bertz CT molecular complexity index is 447. The lowest BCUT2D eigenvalue weighted by atomic mass is 10.00. The lowest BCUT2D eigenvalue weighted by Gasteiger charge is -2.13. The summed E-state index contributed by atoms with van der Waals surface area (Å²) in [6.07, 6.45) is -5.03. The van der Waals surface area contributed by atoms with Crippen molar-refractivity contribution in [3.05, 3.63) is 40.8 Å². The van der Waals surface area contributed by atoms with Gasteiger partial charge >= 0.3 is 12.0 Å².